The number of H-pyrrole nitrogens is 1. The van der Waals surface area contributed by atoms with Crippen LogP contribution in [0.15, 0.2) is 47.2 Å². The summed E-state index contributed by atoms with van der Waals surface area (Å²) in [5.74, 6) is -1.11. The number of aromatic nitrogens is 2. The van der Waals surface area contributed by atoms with Gasteiger partial charge in [0.05, 0.1) is 22.8 Å². The molecule has 0 bridgehead atoms. The molecule has 2 aliphatic rings. The predicted molar refractivity (Wildman–Crippen MR) is 105 cm³/mol. The van der Waals surface area contributed by atoms with E-state index in [4.69, 9.17) is 0 Å². The minimum atomic E-state index is -0.516. The van der Waals surface area contributed by atoms with E-state index < -0.39 is 11.7 Å². The lowest BCUT2D eigenvalue weighted by Gasteiger charge is -2.43. The topological polar surface area (TPSA) is 86.4 Å². The molecule has 1 fully saturated rings. The Kier molecular flexibility index (Phi) is 3.83. The van der Waals surface area contributed by atoms with Gasteiger partial charge in [0, 0.05) is 36.8 Å². The summed E-state index contributed by atoms with van der Waals surface area (Å²) in [5.41, 5.74) is 2.34. The Balaban J connectivity index is 1.58. The van der Waals surface area contributed by atoms with E-state index in [1.165, 1.54) is 0 Å². The summed E-state index contributed by atoms with van der Waals surface area (Å²) in [4.78, 5) is 49.1. The molecular weight excluding hydrogens is 424 g/mol. The first kappa shape index (κ1) is 17.1. The molecule has 1 atom stereocenters. The molecule has 2 amide bonds. The number of amides is 2. The van der Waals surface area contributed by atoms with Crippen LogP contribution in [0.3, 0.4) is 0 Å². The SMILES string of the molecule is O=C1C(=O)N2CCN(C(=O)c3ccccc3)C[C@H]2c2[nH]c3c(Br)nccc3c21. The molecule has 8 heteroatoms. The van der Waals surface area contributed by atoms with Crippen LogP contribution < -0.4 is 0 Å². The lowest BCUT2D eigenvalue weighted by Crippen LogP contribution is -2.56. The Labute approximate surface area is 168 Å². The molecule has 4 heterocycles. The number of aromatic amines is 1. The van der Waals surface area contributed by atoms with Gasteiger partial charge in [-0.2, -0.15) is 0 Å². The molecule has 2 aliphatic heterocycles. The molecule has 1 aromatic carbocycles. The Morgan fingerprint density at radius 2 is 1.93 bits per heavy atom. The second-order valence-electron chi connectivity index (χ2n) is 6.90. The fourth-order valence-electron chi connectivity index (χ4n) is 4.06. The number of carbonyl (C=O) groups is 3. The number of benzene rings is 1. The maximum atomic E-state index is 12.9. The van der Waals surface area contributed by atoms with Crippen molar-refractivity contribution in [1.82, 2.24) is 19.8 Å². The van der Waals surface area contributed by atoms with E-state index in [1.807, 2.05) is 18.2 Å². The molecule has 28 heavy (non-hydrogen) atoms. The summed E-state index contributed by atoms with van der Waals surface area (Å²) in [7, 11) is 0. The molecule has 0 spiro atoms. The van der Waals surface area contributed by atoms with Crippen molar-refractivity contribution in [2.24, 2.45) is 0 Å². The summed E-state index contributed by atoms with van der Waals surface area (Å²) >= 11 is 3.40. The standard InChI is InChI=1S/C20H15BrN4O3/c21-18-15-12(6-7-22-18)14-16(23-15)13-10-24(8-9-25(13)20(28)17(14)26)19(27)11-4-2-1-3-5-11/h1-7,13,23H,8-10H2/t13-/m0/s1. The van der Waals surface area contributed by atoms with Crippen LogP contribution in [0.2, 0.25) is 0 Å². The number of halogens is 1. The fraction of sp³-hybridized carbons (Fsp3) is 0.200. The number of carbonyl (C=O) groups excluding carboxylic acids is 3. The van der Waals surface area contributed by atoms with Gasteiger partial charge in [-0.1, -0.05) is 18.2 Å². The van der Waals surface area contributed by atoms with Crippen molar-refractivity contribution in [1.29, 1.82) is 0 Å². The van der Waals surface area contributed by atoms with Gasteiger partial charge in [-0.15, -0.1) is 0 Å². The third kappa shape index (κ3) is 2.41. The minimum absolute atomic E-state index is 0.0786. The van der Waals surface area contributed by atoms with E-state index in [1.54, 1.807) is 34.2 Å². The van der Waals surface area contributed by atoms with E-state index in [-0.39, 0.29) is 11.9 Å². The summed E-state index contributed by atoms with van der Waals surface area (Å²) in [6, 6.07) is 10.4. The maximum absolute atomic E-state index is 12.9. The molecule has 0 radical (unpaired) electrons. The Bertz CT molecular complexity index is 1140. The van der Waals surface area contributed by atoms with Gasteiger partial charge < -0.3 is 14.8 Å². The zero-order valence-corrected chi connectivity index (χ0v) is 16.3. The van der Waals surface area contributed by atoms with Crippen molar-refractivity contribution < 1.29 is 14.4 Å². The normalized spacial score (nSPS) is 19.0. The predicted octanol–water partition coefficient (Wildman–Crippen LogP) is 2.55. The number of nitrogens with one attached hydrogen (secondary N) is 1. The van der Waals surface area contributed by atoms with Crippen molar-refractivity contribution >= 4 is 44.4 Å². The quantitative estimate of drug-likeness (QED) is 0.467. The molecular formula is C20H15BrN4O3. The maximum Gasteiger partial charge on any atom is 0.295 e. The second kappa shape index (κ2) is 6.27. The third-order valence-electron chi connectivity index (χ3n) is 5.41. The first-order valence-electron chi connectivity index (χ1n) is 8.92. The average molecular weight is 439 g/mol. The highest BCUT2D eigenvalue weighted by molar-refractivity contribution is 9.10. The van der Waals surface area contributed by atoms with Gasteiger partial charge in [0.25, 0.3) is 17.6 Å². The molecule has 0 unspecified atom stereocenters. The number of Topliss-reactive ketones (excluding diaryl/α,β-unsaturated/α-hetero) is 1. The van der Waals surface area contributed by atoms with Gasteiger partial charge >= 0.3 is 0 Å². The van der Waals surface area contributed by atoms with Crippen molar-refractivity contribution in [3.63, 3.8) is 0 Å². The molecule has 140 valence electrons. The number of hydrogen-bond acceptors (Lipinski definition) is 4. The van der Waals surface area contributed by atoms with E-state index in [9.17, 15) is 14.4 Å². The summed E-state index contributed by atoms with van der Waals surface area (Å²) in [6.07, 6.45) is 1.59. The van der Waals surface area contributed by atoms with Gasteiger partial charge in [0.15, 0.2) is 0 Å². The zero-order chi connectivity index (χ0) is 19.4. The highest BCUT2D eigenvalue weighted by Crippen LogP contribution is 2.38. The van der Waals surface area contributed by atoms with Gasteiger partial charge in [-0.05, 0) is 34.1 Å². The number of hydrogen-bond donors (Lipinski definition) is 1. The number of rotatable bonds is 1. The highest BCUT2D eigenvalue weighted by atomic mass is 79.9. The monoisotopic (exact) mass is 438 g/mol. The average Bonchev–Trinajstić information content (AvgIpc) is 3.13. The molecule has 1 saturated heterocycles. The molecule has 3 aromatic rings. The smallest absolute Gasteiger partial charge is 0.295 e. The van der Waals surface area contributed by atoms with Crippen LogP contribution >= 0.6 is 15.9 Å². The number of pyridine rings is 1. The van der Waals surface area contributed by atoms with Gasteiger partial charge in [0.1, 0.15) is 4.60 Å². The molecule has 0 saturated carbocycles. The first-order chi connectivity index (χ1) is 13.6. The van der Waals surface area contributed by atoms with Crippen LogP contribution in [0.4, 0.5) is 0 Å². The molecule has 7 nitrogen and oxygen atoms in total. The Morgan fingerprint density at radius 3 is 2.71 bits per heavy atom. The van der Waals surface area contributed by atoms with Crippen LogP contribution in [0.1, 0.15) is 32.5 Å². The lowest BCUT2D eigenvalue weighted by molar-refractivity contribution is -0.131. The minimum Gasteiger partial charge on any atom is -0.354 e. The lowest BCUT2D eigenvalue weighted by atomic mass is 9.94. The fourth-order valence-corrected chi connectivity index (χ4v) is 4.49. The number of ketones is 1. The van der Waals surface area contributed by atoms with Gasteiger partial charge in [-0.3, -0.25) is 14.4 Å². The van der Waals surface area contributed by atoms with Crippen LogP contribution in [0.5, 0.6) is 0 Å². The Morgan fingerprint density at radius 1 is 1.14 bits per heavy atom. The zero-order valence-electron chi connectivity index (χ0n) is 14.7. The van der Waals surface area contributed by atoms with Crippen LogP contribution in [-0.4, -0.2) is 57.0 Å². The second-order valence-corrected chi connectivity index (χ2v) is 7.65. The number of nitrogens with zero attached hydrogens (tertiary/aromatic N) is 3. The van der Waals surface area contributed by atoms with Crippen LogP contribution in [-0.2, 0) is 4.79 Å². The van der Waals surface area contributed by atoms with Crippen molar-refractivity contribution in [2.75, 3.05) is 19.6 Å². The third-order valence-corrected chi connectivity index (χ3v) is 6.01. The van der Waals surface area contributed by atoms with E-state index in [0.29, 0.717) is 52.0 Å². The molecule has 0 aliphatic carbocycles. The van der Waals surface area contributed by atoms with Crippen molar-refractivity contribution in [3.8, 4) is 0 Å². The summed E-state index contributed by atoms with van der Waals surface area (Å²) in [5, 5.41) is 0.668. The number of piperazine rings is 1. The summed E-state index contributed by atoms with van der Waals surface area (Å²) in [6.45, 7) is 1.05. The molecule has 1 N–H and O–H groups in total. The Hall–Kier alpha value is -3.00. The van der Waals surface area contributed by atoms with E-state index in [0.717, 1.165) is 0 Å². The first-order valence-corrected chi connectivity index (χ1v) is 9.71. The number of fused-ring (bicyclic) bond motifs is 5. The van der Waals surface area contributed by atoms with Gasteiger partial charge in [0.2, 0.25) is 0 Å². The van der Waals surface area contributed by atoms with Crippen LogP contribution in [0, 0.1) is 0 Å². The van der Waals surface area contributed by atoms with E-state index in [2.05, 4.69) is 25.9 Å². The summed E-state index contributed by atoms with van der Waals surface area (Å²) < 4.78 is 0.583. The van der Waals surface area contributed by atoms with Crippen LogP contribution in [0.25, 0.3) is 10.9 Å². The van der Waals surface area contributed by atoms with Crippen molar-refractivity contribution in [2.45, 2.75) is 6.04 Å². The van der Waals surface area contributed by atoms with Crippen molar-refractivity contribution in [3.05, 3.63) is 64.0 Å². The highest BCUT2D eigenvalue weighted by Gasteiger charge is 2.44. The van der Waals surface area contributed by atoms with E-state index >= 15 is 0 Å². The van der Waals surface area contributed by atoms with Gasteiger partial charge in [-0.25, -0.2) is 4.98 Å². The molecule has 2 aromatic heterocycles. The largest absolute Gasteiger partial charge is 0.354 e. The molecule has 5 rings (SSSR count).